The van der Waals surface area contributed by atoms with E-state index in [1.54, 1.807) is 0 Å². The lowest BCUT2D eigenvalue weighted by molar-refractivity contribution is 0.0956. The van der Waals surface area contributed by atoms with Crippen molar-refractivity contribution in [2.24, 2.45) is 0 Å². The van der Waals surface area contributed by atoms with Crippen molar-refractivity contribution in [3.05, 3.63) is 65.7 Å². The maximum Gasteiger partial charge on any atom is 0.251 e. The van der Waals surface area contributed by atoms with Gasteiger partial charge in [0, 0.05) is 42.4 Å². The first-order chi connectivity index (χ1) is 12.3. The summed E-state index contributed by atoms with van der Waals surface area (Å²) >= 11 is 1.84. The SMILES string of the molecule is O=C(NCCSCc1ccccc1)c1ccc(N2CCCCC2)cc1. The van der Waals surface area contributed by atoms with Crippen LogP contribution in [0.2, 0.25) is 0 Å². The molecule has 1 amide bonds. The number of carbonyl (C=O) groups excluding carboxylic acids is 1. The van der Waals surface area contributed by atoms with Crippen LogP contribution in [-0.2, 0) is 5.75 Å². The highest BCUT2D eigenvalue weighted by Crippen LogP contribution is 2.20. The Hall–Kier alpha value is -1.94. The minimum Gasteiger partial charge on any atom is -0.372 e. The molecule has 0 saturated carbocycles. The number of carbonyl (C=O) groups is 1. The van der Waals surface area contributed by atoms with Crippen LogP contribution in [-0.4, -0.2) is 31.3 Å². The quantitative estimate of drug-likeness (QED) is 0.751. The first-order valence-corrected chi connectivity index (χ1v) is 10.2. The third kappa shape index (κ3) is 5.53. The van der Waals surface area contributed by atoms with Gasteiger partial charge in [-0.2, -0.15) is 11.8 Å². The number of hydrogen-bond donors (Lipinski definition) is 1. The summed E-state index contributed by atoms with van der Waals surface area (Å²) in [5.41, 5.74) is 3.30. The average Bonchev–Trinajstić information content (AvgIpc) is 2.69. The Kier molecular flexibility index (Phi) is 6.80. The molecule has 1 aliphatic heterocycles. The number of rotatable bonds is 7. The molecule has 132 valence electrons. The predicted molar refractivity (Wildman–Crippen MR) is 107 cm³/mol. The Bertz CT molecular complexity index is 651. The molecule has 25 heavy (non-hydrogen) atoms. The first-order valence-electron chi connectivity index (χ1n) is 9.08. The second-order valence-electron chi connectivity index (χ2n) is 6.39. The van der Waals surface area contributed by atoms with Crippen molar-refractivity contribution in [1.29, 1.82) is 0 Å². The summed E-state index contributed by atoms with van der Waals surface area (Å²) in [6.07, 6.45) is 3.87. The molecule has 1 heterocycles. The molecule has 3 nitrogen and oxygen atoms in total. The summed E-state index contributed by atoms with van der Waals surface area (Å²) < 4.78 is 0. The number of thioether (sulfide) groups is 1. The number of hydrogen-bond acceptors (Lipinski definition) is 3. The van der Waals surface area contributed by atoms with Crippen LogP contribution in [0, 0.1) is 0 Å². The number of anilines is 1. The van der Waals surface area contributed by atoms with Crippen LogP contribution >= 0.6 is 11.8 Å². The monoisotopic (exact) mass is 354 g/mol. The standard InChI is InChI=1S/C21H26N2OS/c24-21(22-13-16-25-17-18-7-3-1-4-8-18)19-9-11-20(12-10-19)23-14-5-2-6-15-23/h1,3-4,7-12H,2,5-6,13-17H2,(H,22,24). The van der Waals surface area contributed by atoms with Crippen LogP contribution in [0.5, 0.6) is 0 Å². The van der Waals surface area contributed by atoms with Gasteiger partial charge >= 0.3 is 0 Å². The average molecular weight is 355 g/mol. The second kappa shape index (κ2) is 9.52. The normalized spacial score (nSPS) is 14.3. The Morgan fingerprint density at radius 2 is 1.68 bits per heavy atom. The molecule has 0 spiro atoms. The lowest BCUT2D eigenvalue weighted by Gasteiger charge is -2.28. The van der Waals surface area contributed by atoms with E-state index in [4.69, 9.17) is 0 Å². The van der Waals surface area contributed by atoms with Gasteiger partial charge in [0.1, 0.15) is 0 Å². The summed E-state index contributed by atoms with van der Waals surface area (Å²) in [7, 11) is 0. The zero-order valence-electron chi connectivity index (χ0n) is 14.6. The van der Waals surface area contributed by atoms with Gasteiger partial charge in [0.15, 0.2) is 0 Å². The van der Waals surface area contributed by atoms with E-state index in [-0.39, 0.29) is 5.91 Å². The van der Waals surface area contributed by atoms with Crippen LogP contribution < -0.4 is 10.2 Å². The lowest BCUT2D eigenvalue weighted by atomic mass is 10.1. The summed E-state index contributed by atoms with van der Waals surface area (Å²) in [6.45, 7) is 2.96. The van der Waals surface area contributed by atoms with Gasteiger partial charge in [-0.1, -0.05) is 30.3 Å². The van der Waals surface area contributed by atoms with Gasteiger partial charge in [0.05, 0.1) is 0 Å². The van der Waals surface area contributed by atoms with E-state index >= 15 is 0 Å². The van der Waals surface area contributed by atoms with Crippen LogP contribution in [0.15, 0.2) is 54.6 Å². The zero-order valence-corrected chi connectivity index (χ0v) is 15.4. The number of nitrogens with zero attached hydrogens (tertiary/aromatic N) is 1. The van der Waals surface area contributed by atoms with E-state index in [1.807, 2.05) is 30.0 Å². The number of benzene rings is 2. The van der Waals surface area contributed by atoms with Crippen molar-refractivity contribution in [2.75, 3.05) is 30.3 Å². The summed E-state index contributed by atoms with van der Waals surface area (Å²) in [4.78, 5) is 14.6. The van der Waals surface area contributed by atoms with E-state index in [0.29, 0.717) is 6.54 Å². The minimum atomic E-state index is 0.0190. The van der Waals surface area contributed by atoms with Crippen molar-refractivity contribution in [1.82, 2.24) is 5.32 Å². The minimum absolute atomic E-state index is 0.0190. The summed E-state index contributed by atoms with van der Waals surface area (Å²) in [5, 5.41) is 3.01. The molecule has 0 radical (unpaired) electrons. The van der Waals surface area contributed by atoms with Crippen molar-refractivity contribution in [3.8, 4) is 0 Å². The third-order valence-electron chi connectivity index (χ3n) is 4.49. The van der Waals surface area contributed by atoms with Crippen molar-refractivity contribution >= 4 is 23.4 Å². The highest BCUT2D eigenvalue weighted by atomic mass is 32.2. The van der Waals surface area contributed by atoms with Crippen molar-refractivity contribution in [2.45, 2.75) is 25.0 Å². The van der Waals surface area contributed by atoms with Gasteiger partial charge in [-0.3, -0.25) is 4.79 Å². The number of piperidine rings is 1. The van der Waals surface area contributed by atoms with E-state index in [0.717, 1.165) is 30.2 Å². The fourth-order valence-electron chi connectivity index (χ4n) is 3.08. The molecule has 0 aromatic heterocycles. The Labute approximate surface area is 154 Å². The molecule has 1 fully saturated rings. The van der Waals surface area contributed by atoms with Gasteiger partial charge in [-0.15, -0.1) is 0 Å². The summed E-state index contributed by atoms with van der Waals surface area (Å²) in [6, 6.07) is 18.5. The van der Waals surface area contributed by atoms with Gasteiger partial charge in [-0.25, -0.2) is 0 Å². The van der Waals surface area contributed by atoms with E-state index in [1.165, 1.54) is 30.5 Å². The third-order valence-corrected chi connectivity index (χ3v) is 5.52. The molecular formula is C21H26N2OS. The highest BCUT2D eigenvalue weighted by molar-refractivity contribution is 7.98. The second-order valence-corrected chi connectivity index (χ2v) is 7.49. The lowest BCUT2D eigenvalue weighted by Crippen LogP contribution is -2.29. The highest BCUT2D eigenvalue weighted by Gasteiger charge is 2.11. The molecule has 2 aromatic carbocycles. The Balaban J connectivity index is 1.39. The van der Waals surface area contributed by atoms with Crippen LogP contribution in [0.4, 0.5) is 5.69 Å². The molecule has 2 aromatic rings. The van der Waals surface area contributed by atoms with E-state index in [2.05, 4.69) is 46.6 Å². The smallest absolute Gasteiger partial charge is 0.251 e. The van der Waals surface area contributed by atoms with Crippen molar-refractivity contribution < 1.29 is 4.79 Å². The van der Waals surface area contributed by atoms with Crippen LogP contribution in [0.25, 0.3) is 0 Å². The largest absolute Gasteiger partial charge is 0.372 e. The van der Waals surface area contributed by atoms with Gasteiger partial charge < -0.3 is 10.2 Å². The number of amides is 1. The molecule has 1 aliphatic rings. The summed E-state index contributed by atoms with van der Waals surface area (Å²) in [5.74, 6) is 1.93. The molecule has 0 atom stereocenters. The van der Waals surface area contributed by atoms with Crippen LogP contribution in [0.1, 0.15) is 35.2 Å². The van der Waals surface area contributed by atoms with Gasteiger partial charge in [-0.05, 0) is 49.1 Å². The molecular weight excluding hydrogens is 328 g/mol. The van der Waals surface area contributed by atoms with Gasteiger partial charge in [0.25, 0.3) is 5.91 Å². The van der Waals surface area contributed by atoms with Crippen LogP contribution in [0.3, 0.4) is 0 Å². The van der Waals surface area contributed by atoms with Crippen molar-refractivity contribution in [3.63, 3.8) is 0 Å². The Morgan fingerprint density at radius 3 is 2.40 bits per heavy atom. The molecule has 4 heteroatoms. The molecule has 3 rings (SSSR count). The maximum absolute atomic E-state index is 12.2. The number of nitrogens with one attached hydrogen (secondary N) is 1. The van der Waals surface area contributed by atoms with Gasteiger partial charge in [0.2, 0.25) is 0 Å². The molecule has 1 saturated heterocycles. The molecule has 0 bridgehead atoms. The Morgan fingerprint density at radius 1 is 0.960 bits per heavy atom. The zero-order chi connectivity index (χ0) is 17.3. The topological polar surface area (TPSA) is 32.3 Å². The fraction of sp³-hybridized carbons (Fsp3) is 0.381. The first kappa shape index (κ1) is 17.9. The molecule has 1 N–H and O–H groups in total. The predicted octanol–water partition coefficient (Wildman–Crippen LogP) is 4.34. The molecule has 0 unspecified atom stereocenters. The van der Waals surface area contributed by atoms with E-state index < -0.39 is 0 Å². The molecule has 0 aliphatic carbocycles. The maximum atomic E-state index is 12.2. The van der Waals surface area contributed by atoms with E-state index in [9.17, 15) is 4.79 Å². The fourth-order valence-corrected chi connectivity index (χ4v) is 3.90.